The summed E-state index contributed by atoms with van der Waals surface area (Å²) in [6.07, 6.45) is 3.61. The summed E-state index contributed by atoms with van der Waals surface area (Å²) in [6.45, 7) is 0. The fourth-order valence-electron chi connectivity index (χ4n) is 3.01. The van der Waals surface area contributed by atoms with Crippen LogP contribution >= 0.6 is 15.9 Å². The third-order valence-electron chi connectivity index (χ3n) is 3.90. The molecule has 1 aromatic carbocycles. The predicted octanol–water partition coefficient (Wildman–Crippen LogP) is 3.57. The van der Waals surface area contributed by atoms with E-state index in [1.165, 1.54) is 25.3 Å². The molecule has 0 aromatic heterocycles. The molecule has 0 spiro atoms. The molecule has 0 aliphatic heterocycles. The Morgan fingerprint density at radius 3 is 2.71 bits per heavy atom. The number of carbonyl (C=O) groups is 1. The minimum Gasteiger partial charge on any atom is -0.326 e. The molecule has 3 rings (SSSR count). The Kier molecular flexibility index (Phi) is 2.69. The van der Waals surface area contributed by atoms with Crippen LogP contribution in [0.4, 0.5) is 10.1 Å². The van der Waals surface area contributed by atoms with Crippen molar-refractivity contribution in [3.8, 4) is 0 Å². The molecule has 17 heavy (non-hydrogen) atoms. The van der Waals surface area contributed by atoms with Crippen molar-refractivity contribution in [1.29, 1.82) is 0 Å². The van der Waals surface area contributed by atoms with Crippen LogP contribution in [0.3, 0.4) is 0 Å². The second kappa shape index (κ2) is 4.09. The molecule has 2 fully saturated rings. The maximum absolute atomic E-state index is 13.3. The number of nitrogens with one attached hydrogen (secondary N) is 1. The van der Waals surface area contributed by atoms with Crippen LogP contribution in [0, 0.1) is 23.6 Å². The monoisotopic (exact) mass is 297 g/mol. The van der Waals surface area contributed by atoms with Gasteiger partial charge in [-0.3, -0.25) is 4.79 Å². The molecular formula is C13H13BrFNO. The summed E-state index contributed by atoms with van der Waals surface area (Å²) in [4.78, 5) is 11.9. The number of carbonyl (C=O) groups excluding carboxylic acids is 1. The highest BCUT2D eigenvalue weighted by molar-refractivity contribution is 9.10. The number of amides is 1. The van der Waals surface area contributed by atoms with Gasteiger partial charge in [-0.25, -0.2) is 4.39 Å². The predicted molar refractivity (Wildman–Crippen MR) is 67.1 cm³/mol. The van der Waals surface area contributed by atoms with Gasteiger partial charge in [0, 0.05) is 11.6 Å². The van der Waals surface area contributed by atoms with E-state index >= 15 is 0 Å². The zero-order valence-corrected chi connectivity index (χ0v) is 10.8. The van der Waals surface area contributed by atoms with Crippen molar-refractivity contribution in [2.75, 3.05) is 5.32 Å². The smallest absolute Gasteiger partial charge is 0.228 e. The van der Waals surface area contributed by atoms with Crippen LogP contribution in [0.2, 0.25) is 0 Å². The van der Waals surface area contributed by atoms with E-state index in [-0.39, 0.29) is 17.6 Å². The topological polar surface area (TPSA) is 29.1 Å². The van der Waals surface area contributed by atoms with E-state index in [4.69, 9.17) is 0 Å². The number of rotatable bonds is 2. The van der Waals surface area contributed by atoms with Crippen LogP contribution in [-0.2, 0) is 4.79 Å². The minimum absolute atomic E-state index is 0.0569. The highest BCUT2D eigenvalue weighted by Gasteiger charge is 2.56. The molecule has 0 heterocycles. The summed E-state index contributed by atoms with van der Waals surface area (Å²) in [5, 5.41) is 2.80. The second-order valence-corrected chi connectivity index (χ2v) is 5.76. The van der Waals surface area contributed by atoms with Gasteiger partial charge in [-0.15, -0.1) is 0 Å². The highest BCUT2D eigenvalue weighted by atomic mass is 79.9. The molecule has 0 saturated heterocycles. The molecule has 2 aliphatic carbocycles. The Morgan fingerprint density at radius 2 is 2.06 bits per heavy atom. The van der Waals surface area contributed by atoms with Crippen molar-refractivity contribution >= 4 is 27.5 Å². The number of fused-ring (bicyclic) bond motifs is 1. The number of anilines is 1. The summed E-state index contributed by atoms with van der Waals surface area (Å²) in [6, 6.07) is 4.67. The van der Waals surface area contributed by atoms with E-state index in [1.54, 1.807) is 12.1 Å². The summed E-state index contributed by atoms with van der Waals surface area (Å²) in [5.74, 6) is 1.07. The van der Waals surface area contributed by atoms with Crippen LogP contribution in [0.15, 0.2) is 22.7 Å². The van der Waals surface area contributed by atoms with Gasteiger partial charge in [0.15, 0.2) is 0 Å². The maximum Gasteiger partial charge on any atom is 0.228 e. The number of hydrogen-bond donors (Lipinski definition) is 1. The summed E-state index contributed by atoms with van der Waals surface area (Å²) >= 11 is 3.09. The molecule has 2 aliphatic rings. The van der Waals surface area contributed by atoms with E-state index in [0.29, 0.717) is 22.0 Å². The van der Waals surface area contributed by atoms with Crippen molar-refractivity contribution in [1.82, 2.24) is 0 Å². The molecule has 1 aromatic rings. The van der Waals surface area contributed by atoms with Gasteiger partial charge >= 0.3 is 0 Å². The molecule has 1 N–H and O–H groups in total. The van der Waals surface area contributed by atoms with Gasteiger partial charge in [0.05, 0.1) is 4.47 Å². The normalized spacial score (nSPS) is 29.9. The first-order valence-corrected chi connectivity index (χ1v) is 6.72. The fourth-order valence-corrected chi connectivity index (χ4v) is 3.26. The largest absolute Gasteiger partial charge is 0.326 e. The zero-order valence-electron chi connectivity index (χ0n) is 9.25. The Bertz CT molecular complexity index is 466. The molecule has 90 valence electrons. The molecule has 2 unspecified atom stereocenters. The first-order valence-electron chi connectivity index (χ1n) is 5.93. The van der Waals surface area contributed by atoms with Crippen molar-refractivity contribution in [2.45, 2.75) is 19.3 Å². The van der Waals surface area contributed by atoms with Gasteiger partial charge in [0.1, 0.15) is 5.82 Å². The van der Waals surface area contributed by atoms with Crippen LogP contribution in [-0.4, -0.2) is 5.91 Å². The van der Waals surface area contributed by atoms with Crippen LogP contribution in [0.25, 0.3) is 0 Å². The van der Waals surface area contributed by atoms with Crippen molar-refractivity contribution in [2.24, 2.45) is 17.8 Å². The molecule has 1 amide bonds. The Hall–Kier alpha value is -0.900. The first kappa shape index (κ1) is 11.2. The van der Waals surface area contributed by atoms with Crippen LogP contribution in [0.5, 0.6) is 0 Å². The Labute approximate surface area is 108 Å². The lowest BCUT2D eigenvalue weighted by atomic mass is 10.1. The second-order valence-electron chi connectivity index (χ2n) is 4.90. The van der Waals surface area contributed by atoms with E-state index in [1.807, 2.05) is 0 Å². The van der Waals surface area contributed by atoms with Gasteiger partial charge in [-0.2, -0.15) is 0 Å². The minimum atomic E-state index is -0.348. The third kappa shape index (κ3) is 1.99. The standard InChI is InChI=1S/C13H13BrFNO/c14-10-5-4-7(6-11(10)15)16-13(17)12-8-2-1-3-9(8)12/h4-6,8-9,12H,1-3H2,(H,16,17). The summed E-state index contributed by atoms with van der Waals surface area (Å²) in [7, 11) is 0. The molecule has 0 bridgehead atoms. The number of halogens is 2. The molecular weight excluding hydrogens is 285 g/mol. The quantitative estimate of drug-likeness (QED) is 0.888. The van der Waals surface area contributed by atoms with E-state index in [0.717, 1.165) is 0 Å². The van der Waals surface area contributed by atoms with E-state index < -0.39 is 0 Å². The summed E-state index contributed by atoms with van der Waals surface area (Å²) in [5.41, 5.74) is 0.542. The fraction of sp³-hybridized carbons (Fsp3) is 0.462. The van der Waals surface area contributed by atoms with Crippen molar-refractivity contribution in [3.05, 3.63) is 28.5 Å². The van der Waals surface area contributed by atoms with E-state index in [9.17, 15) is 9.18 Å². The molecule has 2 atom stereocenters. The Balaban J connectivity index is 1.67. The van der Waals surface area contributed by atoms with Gasteiger partial charge in [0.2, 0.25) is 5.91 Å². The highest BCUT2D eigenvalue weighted by Crippen LogP contribution is 2.57. The van der Waals surface area contributed by atoms with Gasteiger partial charge < -0.3 is 5.32 Å². The van der Waals surface area contributed by atoms with Gasteiger partial charge in [-0.1, -0.05) is 6.42 Å². The first-order chi connectivity index (χ1) is 8.16. The third-order valence-corrected chi connectivity index (χ3v) is 4.54. The summed E-state index contributed by atoms with van der Waals surface area (Å²) < 4.78 is 13.7. The molecule has 4 heteroatoms. The molecule has 2 saturated carbocycles. The average Bonchev–Trinajstić information content (AvgIpc) is 2.78. The molecule has 2 nitrogen and oxygen atoms in total. The lowest BCUT2D eigenvalue weighted by Gasteiger charge is -2.07. The van der Waals surface area contributed by atoms with E-state index in [2.05, 4.69) is 21.2 Å². The lowest BCUT2D eigenvalue weighted by molar-refractivity contribution is -0.118. The van der Waals surface area contributed by atoms with Crippen molar-refractivity contribution < 1.29 is 9.18 Å². The number of benzene rings is 1. The van der Waals surface area contributed by atoms with Crippen LogP contribution in [0.1, 0.15) is 19.3 Å². The lowest BCUT2D eigenvalue weighted by Crippen LogP contribution is -2.16. The number of hydrogen-bond acceptors (Lipinski definition) is 1. The van der Waals surface area contributed by atoms with Gasteiger partial charge in [0.25, 0.3) is 0 Å². The maximum atomic E-state index is 13.3. The SMILES string of the molecule is O=C(Nc1ccc(Br)c(F)c1)C1C2CCCC21. The molecule has 0 radical (unpaired) electrons. The Morgan fingerprint density at radius 1 is 1.35 bits per heavy atom. The van der Waals surface area contributed by atoms with Crippen molar-refractivity contribution in [3.63, 3.8) is 0 Å². The van der Waals surface area contributed by atoms with Crippen LogP contribution < -0.4 is 5.32 Å². The zero-order chi connectivity index (χ0) is 12.0. The van der Waals surface area contributed by atoms with Gasteiger partial charge in [-0.05, 0) is 58.8 Å². The average molecular weight is 298 g/mol.